The zero-order chi connectivity index (χ0) is 9.90. The van der Waals surface area contributed by atoms with Crippen molar-refractivity contribution < 1.29 is 18.9 Å². The van der Waals surface area contributed by atoms with E-state index in [0.29, 0.717) is 5.56 Å². The van der Waals surface area contributed by atoms with Crippen molar-refractivity contribution >= 4 is 23.8 Å². The molecule has 0 radical (unpaired) electrons. The Morgan fingerprint density at radius 1 is 1.31 bits per heavy atom. The van der Waals surface area contributed by atoms with Crippen LogP contribution in [0.1, 0.15) is 5.56 Å². The highest BCUT2D eigenvalue weighted by molar-refractivity contribution is 9.10. The molecule has 13 heavy (non-hydrogen) atoms. The van der Waals surface area contributed by atoms with Crippen LogP contribution in [0.2, 0.25) is 0 Å². The summed E-state index contributed by atoms with van der Waals surface area (Å²) in [5.74, 6) is 0. The molecule has 0 bridgehead atoms. The third kappa shape index (κ3) is 4.55. The standard InChI is InChI=1S/C7H8BrO4P/c8-7-3-1-6(2-4-7)5-12-13(9,10)11/h1-4H,5H2,(H2,9,10,11). The monoisotopic (exact) mass is 266 g/mol. The molecule has 0 amide bonds. The molecule has 1 aromatic rings. The smallest absolute Gasteiger partial charge is 0.303 e. The highest BCUT2D eigenvalue weighted by Gasteiger charge is 2.13. The van der Waals surface area contributed by atoms with Crippen molar-refractivity contribution in [3.05, 3.63) is 34.3 Å². The maximum Gasteiger partial charge on any atom is 0.469 e. The molecule has 0 aromatic heterocycles. The fraction of sp³-hybridized carbons (Fsp3) is 0.143. The van der Waals surface area contributed by atoms with E-state index in [4.69, 9.17) is 9.79 Å². The normalized spacial score (nSPS) is 11.6. The SMILES string of the molecule is O=P(O)(O)OCc1ccc(Br)cc1. The Labute approximate surface area is 83.9 Å². The van der Waals surface area contributed by atoms with Gasteiger partial charge in [0.25, 0.3) is 0 Å². The Morgan fingerprint density at radius 2 is 1.85 bits per heavy atom. The maximum absolute atomic E-state index is 10.3. The van der Waals surface area contributed by atoms with Crippen molar-refractivity contribution in [3.63, 3.8) is 0 Å². The molecule has 4 nitrogen and oxygen atoms in total. The lowest BCUT2D eigenvalue weighted by Gasteiger charge is -2.04. The van der Waals surface area contributed by atoms with Crippen LogP contribution in [0, 0.1) is 0 Å². The van der Waals surface area contributed by atoms with Gasteiger partial charge in [-0.25, -0.2) is 4.57 Å². The third-order valence-corrected chi connectivity index (χ3v) is 2.31. The number of phosphoric acid groups is 1. The summed E-state index contributed by atoms with van der Waals surface area (Å²) in [6.45, 7) is -0.0858. The molecule has 0 aliphatic carbocycles. The van der Waals surface area contributed by atoms with Crippen molar-refractivity contribution in [2.75, 3.05) is 0 Å². The number of rotatable bonds is 3. The number of benzene rings is 1. The van der Waals surface area contributed by atoms with Gasteiger partial charge in [0, 0.05) is 4.47 Å². The summed E-state index contributed by atoms with van der Waals surface area (Å²) in [5.41, 5.74) is 0.714. The van der Waals surface area contributed by atoms with E-state index in [2.05, 4.69) is 20.5 Å². The van der Waals surface area contributed by atoms with Gasteiger partial charge >= 0.3 is 7.82 Å². The molecule has 72 valence electrons. The minimum absolute atomic E-state index is 0.0858. The topological polar surface area (TPSA) is 66.8 Å². The zero-order valence-electron chi connectivity index (χ0n) is 6.55. The highest BCUT2D eigenvalue weighted by Crippen LogP contribution is 2.36. The quantitative estimate of drug-likeness (QED) is 0.822. The van der Waals surface area contributed by atoms with E-state index < -0.39 is 7.82 Å². The Morgan fingerprint density at radius 3 is 2.31 bits per heavy atom. The van der Waals surface area contributed by atoms with Gasteiger partial charge in [0.2, 0.25) is 0 Å². The number of hydrogen-bond acceptors (Lipinski definition) is 2. The maximum atomic E-state index is 10.3. The largest absolute Gasteiger partial charge is 0.469 e. The van der Waals surface area contributed by atoms with Crippen LogP contribution in [0.3, 0.4) is 0 Å². The molecule has 0 spiro atoms. The van der Waals surface area contributed by atoms with Crippen LogP contribution in [-0.2, 0) is 15.7 Å². The molecule has 2 N–H and O–H groups in total. The lowest BCUT2D eigenvalue weighted by molar-refractivity contribution is 0.189. The molecule has 0 heterocycles. The molecule has 0 fully saturated rings. The molecule has 0 unspecified atom stereocenters. The van der Waals surface area contributed by atoms with E-state index in [0.717, 1.165) is 4.47 Å². The van der Waals surface area contributed by atoms with E-state index in [1.165, 1.54) is 0 Å². The minimum atomic E-state index is -4.35. The van der Waals surface area contributed by atoms with Gasteiger partial charge in [-0.3, -0.25) is 4.52 Å². The van der Waals surface area contributed by atoms with Crippen molar-refractivity contribution in [1.82, 2.24) is 0 Å². The average Bonchev–Trinajstić information content (AvgIpc) is 2.02. The van der Waals surface area contributed by atoms with Crippen LogP contribution in [0.5, 0.6) is 0 Å². The summed E-state index contributed by atoms with van der Waals surface area (Å²) in [4.78, 5) is 16.8. The molecule has 1 rings (SSSR count). The van der Waals surface area contributed by atoms with E-state index in [1.807, 2.05) is 0 Å². The summed E-state index contributed by atoms with van der Waals surface area (Å²) in [7, 11) is -4.35. The van der Waals surface area contributed by atoms with Gasteiger partial charge in [0.05, 0.1) is 6.61 Å². The summed E-state index contributed by atoms with van der Waals surface area (Å²) >= 11 is 3.24. The lowest BCUT2D eigenvalue weighted by atomic mass is 10.2. The molecular weight excluding hydrogens is 259 g/mol. The first-order valence-corrected chi connectivity index (χ1v) is 5.74. The molecule has 0 aliphatic rings. The molecular formula is C7H8BrO4P. The molecule has 0 atom stereocenters. The summed E-state index contributed by atoms with van der Waals surface area (Å²) in [5, 5.41) is 0. The molecule has 6 heteroatoms. The Hall–Kier alpha value is -0.190. The fourth-order valence-corrected chi connectivity index (χ4v) is 1.32. The van der Waals surface area contributed by atoms with Gasteiger partial charge in [0.1, 0.15) is 0 Å². The number of hydrogen-bond donors (Lipinski definition) is 2. The lowest BCUT2D eigenvalue weighted by Crippen LogP contribution is -1.89. The van der Waals surface area contributed by atoms with Gasteiger partial charge < -0.3 is 9.79 Å². The van der Waals surface area contributed by atoms with Crippen molar-refractivity contribution in [3.8, 4) is 0 Å². The van der Waals surface area contributed by atoms with E-state index in [1.54, 1.807) is 24.3 Å². The van der Waals surface area contributed by atoms with Gasteiger partial charge in [0.15, 0.2) is 0 Å². The number of halogens is 1. The average molecular weight is 267 g/mol. The number of phosphoric ester groups is 1. The third-order valence-electron chi connectivity index (χ3n) is 1.31. The summed E-state index contributed by atoms with van der Waals surface area (Å²) in [6, 6.07) is 7.00. The van der Waals surface area contributed by atoms with E-state index >= 15 is 0 Å². The van der Waals surface area contributed by atoms with Crippen LogP contribution < -0.4 is 0 Å². The molecule has 1 aromatic carbocycles. The second-order valence-corrected chi connectivity index (χ2v) is 4.55. The first-order valence-electron chi connectivity index (χ1n) is 3.42. The first kappa shape index (κ1) is 10.9. The Bertz CT molecular complexity index is 318. The summed E-state index contributed by atoms with van der Waals surface area (Å²) in [6.07, 6.45) is 0. The fourth-order valence-electron chi connectivity index (χ4n) is 0.739. The minimum Gasteiger partial charge on any atom is -0.303 e. The van der Waals surface area contributed by atoms with Crippen molar-refractivity contribution in [1.29, 1.82) is 0 Å². The Kier molecular flexibility index (Phi) is 3.64. The molecule has 0 saturated heterocycles. The highest BCUT2D eigenvalue weighted by atomic mass is 79.9. The van der Waals surface area contributed by atoms with Crippen LogP contribution in [0.25, 0.3) is 0 Å². The predicted octanol–water partition coefficient (Wildman–Crippen LogP) is 2.06. The zero-order valence-corrected chi connectivity index (χ0v) is 9.03. The second kappa shape index (κ2) is 4.35. The first-order chi connectivity index (χ1) is 5.97. The second-order valence-electron chi connectivity index (χ2n) is 2.39. The van der Waals surface area contributed by atoms with Gasteiger partial charge in [-0.05, 0) is 17.7 Å². The van der Waals surface area contributed by atoms with Gasteiger partial charge in [-0.2, -0.15) is 0 Å². The van der Waals surface area contributed by atoms with Gasteiger partial charge in [-0.1, -0.05) is 28.1 Å². The Balaban J connectivity index is 2.56. The molecule has 0 saturated carbocycles. The van der Waals surface area contributed by atoms with E-state index in [9.17, 15) is 4.57 Å². The van der Waals surface area contributed by atoms with Crippen molar-refractivity contribution in [2.24, 2.45) is 0 Å². The van der Waals surface area contributed by atoms with E-state index in [-0.39, 0.29) is 6.61 Å². The van der Waals surface area contributed by atoms with Crippen LogP contribution in [0.4, 0.5) is 0 Å². The van der Waals surface area contributed by atoms with Crippen LogP contribution in [0.15, 0.2) is 28.7 Å². The summed E-state index contributed by atoms with van der Waals surface area (Å²) < 4.78 is 15.6. The van der Waals surface area contributed by atoms with Crippen LogP contribution >= 0.6 is 23.8 Å². The van der Waals surface area contributed by atoms with Crippen LogP contribution in [-0.4, -0.2) is 9.79 Å². The molecule has 0 aliphatic heterocycles. The predicted molar refractivity (Wildman–Crippen MR) is 51.0 cm³/mol. The van der Waals surface area contributed by atoms with Gasteiger partial charge in [-0.15, -0.1) is 0 Å². The van der Waals surface area contributed by atoms with Crippen molar-refractivity contribution in [2.45, 2.75) is 6.61 Å².